The summed E-state index contributed by atoms with van der Waals surface area (Å²) in [5, 5.41) is 0. The molecule has 0 unspecified atom stereocenters. The van der Waals surface area contributed by atoms with Crippen molar-refractivity contribution < 1.29 is 12.4 Å². The molecule has 0 aliphatic carbocycles. The van der Waals surface area contributed by atoms with Crippen molar-refractivity contribution in [3.05, 3.63) is 12.4 Å². The molecule has 0 bridgehead atoms. The maximum absolute atomic E-state index is 9.98. The minimum atomic E-state index is -2.19. The van der Waals surface area contributed by atoms with Crippen molar-refractivity contribution in [2.24, 2.45) is 4.99 Å². The summed E-state index contributed by atoms with van der Waals surface area (Å²) < 4.78 is 20.9. The standard InChI is InChI=1S/C3H3N2O2S/c6-8(7)5-2-1-4-3-5/h1-3H/q+1. The molecule has 0 radical (unpaired) electrons. The summed E-state index contributed by atoms with van der Waals surface area (Å²) in [6, 6.07) is 0. The van der Waals surface area contributed by atoms with Crippen molar-refractivity contribution in [2.45, 2.75) is 0 Å². The van der Waals surface area contributed by atoms with Crippen LogP contribution in [0.5, 0.6) is 0 Å². The summed E-state index contributed by atoms with van der Waals surface area (Å²) in [5.41, 5.74) is 0. The zero-order valence-electron chi connectivity index (χ0n) is 3.85. The van der Waals surface area contributed by atoms with E-state index in [0.717, 1.165) is 3.95 Å². The molecule has 0 N–H and O–H groups in total. The molecule has 1 aliphatic rings. The monoisotopic (exact) mass is 131 g/mol. The van der Waals surface area contributed by atoms with E-state index in [1.807, 2.05) is 0 Å². The summed E-state index contributed by atoms with van der Waals surface area (Å²) in [5.74, 6) is 0. The van der Waals surface area contributed by atoms with Gasteiger partial charge in [-0.2, -0.15) is 0 Å². The quantitative estimate of drug-likeness (QED) is 0.419. The molecular weight excluding hydrogens is 128 g/mol. The van der Waals surface area contributed by atoms with Crippen molar-refractivity contribution in [3.8, 4) is 0 Å². The van der Waals surface area contributed by atoms with Gasteiger partial charge in [-0.3, -0.25) is 0 Å². The van der Waals surface area contributed by atoms with E-state index >= 15 is 0 Å². The lowest BCUT2D eigenvalue weighted by Crippen LogP contribution is -1.92. The molecule has 1 aliphatic heterocycles. The predicted molar refractivity (Wildman–Crippen MR) is 26.8 cm³/mol. The molecule has 1 heterocycles. The van der Waals surface area contributed by atoms with Crippen molar-refractivity contribution in [1.29, 1.82) is 0 Å². The molecule has 8 heavy (non-hydrogen) atoms. The highest BCUT2D eigenvalue weighted by Gasteiger charge is 2.00. The summed E-state index contributed by atoms with van der Waals surface area (Å²) in [4.78, 5) is 3.51. The number of hydrogen-bond acceptors (Lipinski definition) is 3. The highest BCUT2D eigenvalue weighted by atomic mass is 32.2. The van der Waals surface area contributed by atoms with Crippen LogP contribution in [-0.2, 0) is 10.5 Å². The Morgan fingerprint density at radius 3 is 2.50 bits per heavy atom. The maximum Gasteiger partial charge on any atom is 0.384 e. The lowest BCUT2D eigenvalue weighted by molar-refractivity contribution is -0.279. The highest BCUT2D eigenvalue weighted by Crippen LogP contribution is 1.83. The first-order valence-corrected chi connectivity index (χ1v) is 2.91. The van der Waals surface area contributed by atoms with Gasteiger partial charge in [-0.25, -0.2) is 0 Å². The molecule has 1 rings (SSSR count). The molecule has 0 fully saturated rings. The van der Waals surface area contributed by atoms with Crippen LogP contribution >= 0.6 is 0 Å². The second-order valence-corrected chi connectivity index (χ2v) is 2.00. The first-order chi connectivity index (χ1) is 3.80. The Hall–Kier alpha value is -0.970. The molecule has 5 heteroatoms. The second kappa shape index (κ2) is 1.87. The van der Waals surface area contributed by atoms with Crippen LogP contribution in [-0.4, -0.2) is 18.7 Å². The third-order valence-electron chi connectivity index (χ3n) is 0.652. The Morgan fingerprint density at radius 1 is 1.50 bits per heavy atom. The van der Waals surface area contributed by atoms with Crippen molar-refractivity contribution >= 4 is 16.8 Å². The average molecular weight is 131 g/mol. The minimum Gasteiger partial charge on any atom is -0.142 e. The van der Waals surface area contributed by atoms with Gasteiger partial charge in [0.2, 0.25) is 0 Å². The van der Waals surface area contributed by atoms with Gasteiger partial charge in [0, 0.05) is 0 Å². The van der Waals surface area contributed by atoms with Crippen LogP contribution in [0.25, 0.3) is 0 Å². The molecule has 0 saturated carbocycles. The fourth-order valence-corrected chi connectivity index (χ4v) is 0.620. The summed E-state index contributed by atoms with van der Waals surface area (Å²) >= 11 is 0. The third kappa shape index (κ3) is 0.812. The van der Waals surface area contributed by atoms with Crippen LogP contribution in [0.4, 0.5) is 0 Å². The fraction of sp³-hybridized carbons (Fsp3) is 0. The Balaban J connectivity index is 3.29. The maximum atomic E-state index is 9.98. The number of nitrogens with zero attached hydrogens (tertiary/aromatic N) is 2. The first kappa shape index (κ1) is 5.17. The van der Waals surface area contributed by atoms with E-state index in [0.29, 0.717) is 0 Å². The molecular formula is C3H3N2O2S+. The SMILES string of the molecule is O=S(=O)=[N+]1C=CN=C1. The van der Waals surface area contributed by atoms with Gasteiger partial charge in [0.15, 0.2) is 12.4 Å². The lowest BCUT2D eigenvalue weighted by atomic mass is 11.0. The molecule has 0 saturated heterocycles. The van der Waals surface area contributed by atoms with E-state index in [2.05, 4.69) is 4.99 Å². The molecule has 0 aromatic heterocycles. The molecule has 0 amide bonds. The first-order valence-electron chi connectivity index (χ1n) is 1.88. The predicted octanol–water partition coefficient (Wildman–Crippen LogP) is -0.425. The van der Waals surface area contributed by atoms with E-state index in [9.17, 15) is 8.42 Å². The van der Waals surface area contributed by atoms with E-state index in [4.69, 9.17) is 0 Å². The van der Waals surface area contributed by atoms with Gasteiger partial charge in [0.25, 0.3) is 0 Å². The molecule has 0 aromatic carbocycles. The Kier molecular flexibility index (Phi) is 1.21. The van der Waals surface area contributed by atoms with Crippen LogP contribution in [0.15, 0.2) is 17.4 Å². The molecule has 0 aromatic rings. The van der Waals surface area contributed by atoms with Crippen LogP contribution in [0.2, 0.25) is 0 Å². The van der Waals surface area contributed by atoms with Crippen LogP contribution in [0.1, 0.15) is 0 Å². The largest absolute Gasteiger partial charge is 0.384 e. The van der Waals surface area contributed by atoms with Gasteiger partial charge in [-0.15, -0.1) is 8.42 Å². The molecule has 0 spiro atoms. The topological polar surface area (TPSA) is 49.5 Å². The van der Waals surface area contributed by atoms with Gasteiger partial charge >= 0.3 is 16.8 Å². The summed E-state index contributed by atoms with van der Waals surface area (Å²) in [6.07, 6.45) is 3.96. The van der Waals surface area contributed by atoms with E-state index in [-0.39, 0.29) is 0 Å². The van der Waals surface area contributed by atoms with Crippen LogP contribution in [0, 0.1) is 0 Å². The third-order valence-corrected chi connectivity index (χ3v) is 1.21. The van der Waals surface area contributed by atoms with E-state index in [1.54, 1.807) is 0 Å². The van der Waals surface area contributed by atoms with Crippen LogP contribution < -0.4 is 0 Å². The zero-order valence-corrected chi connectivity index (χ0v) is 4.67. The summed E-state index contributed by atoms with van der Waals surface area (Å²) in [6.45, 7) is 0. The fourth-order valence-electron chi connectivity index (χ4n) is 0.335. The van der Waals surface area contributed by atoms with Crippen LogP contribution in [0.3, 0.4) is 0 Å². The minimum absolute atomic E-state index is 0.972. The molecule has 42 valence electrons. The van der Waals surface area contributed by atoms with Gasteiger partial charge in [-0.1, -0.05) is 8.94 Å². The number of aliphatic imine (C=N–C) groups is 1. The Morgan fingerprint density at radius 2 is 2.25 bits per heavy atom. The van der Waals surface area contributed by atoms with Gasteiger partial charge < -0.3 is 0 Å². The van der Waals surface area contributed by atoms with E-state index in [1.165, 1.54) is 18.7 Å². The Bertz CT molecular complexity index is 250. The van der Waals surface area contributed by atoms with E-state index < -0.39 is 10.5 Å². The lowest BCUT2D eigenvalue weighted by Gasteiger charge is -1.64. The van der Waals surface area contributed by atoms with Gasteiger partial charge in [0.1, 0.15) is 0 Å². The second-order valence-electron chi connectivity index (χ2n) is 1.14. The smallest absolute Gasteiger partial charge is 0.142 e. The number of rotatable bonds is 0. The zero-order chi connectivity index (χ0) is 5.98. The number of hydrogen-bond donors (Lipinski definition) is 0. The van der Waals surface area contributed by atoms with Crippen molar-refractivity contribution in [1.82, 2.24) is 0 Å². The highest BCUT2D eigenvalue weighted by molar-refractivity contribution is 7.59. The molecule has 0 atom stereocenters. The Labute approximate surface area is 47.5 Å². The summed E-state index contributed by atoms with van der Waals surface area (Å²) in [7, 11) is -2.19. The average Bonchev–Trinajstić information content (AvgIpc) is 2.12. The molecule has 4 nitrogen and oxygen atoms in total. The van der Waals surface area contributed by atoms with Gasteiger partial charge in [-0.05, 0) is 0 Å². The normalized spacial score (nSPS) is 15.2. The van der Waals surface area contributed by atoms with Gasteiger partial charge in [0.05, 0.1) is 0 Å². The van der Waals surface area contributed by atoms with Crippen molar-refractivity contribution in [3.63, 3.8) is 0 Å². The van der Waals surface area contributed by atoms with Crippen molar-refractivity contribution in [2.75, 3.05) is 0 Å².